The first-order chi connectivity index (χ1) is 10.1. The number of carbonyl (C=O) groups excluding carboxylic acids is 1. The summed E-state index contributed by atoms with van der Waals surface area (Å²) < 4.78 is 18.2. The highest BCUT2D eigenvalue weighted by molar-refractivity contribution is 5.73. The van der Waals surface area contributed by atoms with Crippen molar-refractivity contribution in [2.45, 2.75) is 13.0 Å². The molecule has 2 aromatic rings. The van der Waals surface area contributed by atoms with E-state index in [-0.39, 0.29) is 18.6 Å². The first kappa shape index (κ1) is 14.5. The highest BCUT2D eigenvalue weighted by Gasteiger charge is 2.09. The van der Waals surface area contributed by atoms with Crippen molar-refractivity contribution < 1.29 is 13.9 Å². The van der Waals surface area contributed by atoms with E-state index in [2.05, 4.69) is 0 Å². The standard InChI is InChI=1S/C16H13FN2O2/c17-14-5-4-12(9-18)13(8-14)10-21-16(20)7-11-2-1-3-15(19)6-11/h1-6,8H,7,10,19H2. The quantitative estimate of drug-likeness (QED) is 0.691. The minimum absolute atomic E-state index is 0.0717. The van der Waals surface area contributed by atoms with Gasteiger partial charge in [-0.1, -0.05) is 12.1 Å². The molecule has 2 N–H and O–H groups in total. The van der Waals surface area contributed by atoms with Gasteiger partial charge in [-0.05, 0) is 35.9 Å². The third kappa shape index (κ3) is 4.05. The first-order valence-corrected chi connectivity index (χ1v) is 6.27. The van der Waals surface area contributed by atoms with Crippen LogP contribution in [0.15, 0.2) is 42.5 Å². The van der Waals surface area contributed by atoms with Gasteiger partial charge in [0.15, 0.2) is 0 Å². The zero-order valence-corrected chi connectivity index (χ0v) is 11.2. The number of hydrogen-bond acceptors (Lipinski definition) is 4. The molecule has 0 spiro atoms. The van der Waals surface area contributed by atoms with Crippen LogP contribution in [0.4, 0.5) is 10.1 Å². The molecule has 0 fully saturated rings. The molecule has 0 unspecified atom stereocenters. The van der Waals surface area contributed by atoms with E-state index in [1.54, 1.807) is 24.3 Å². The van der Waals surface area contributed by atoms with E-state index in [0.29, 0.717) is 11.3 Å². The molecule has 0 aromatic heterocycles. The SMILES string of the molecule is N#Cc1ccc(F)cc1COC(=O)Cc1cccc(N)c1. The second-order valence-corrected chi connectivity index (χ2v) is 4.50. The number of benzene rings is 2. The lowest BCUT2D eigenvalue weighted by Crippen LogP contribution is -2.09. The van der Waals surface area contributed by atoms with Gasteiger partial charge in [0.1, 0.15) is 12.4 Å². The van der Waals surface area contributed by atoms with Crippen molar-refractivity contribution in [3.05, 3.63) is 65.0 Å². The molecular formula is C16H13FN2O2. The molecule has 2 rings (SSSR count). The third-order valence-electron chi connectivity index (χ3n) is 2.88. The Morgan fingerprint density at radius 2 is 2.10 bits per heavy atom. The summed E-state index contributed by atoms with van der Waals surface area (Å²) in [6.07, 6.45) is 0.0717. The molecule has 0 bridgehead atoms. The number of esters is 1. The van der Waals surface area contributed by atoms with Gasteiger partial charge in [-0.25, -0.2) is 4.39 Å². The number of nitrogens with two attached hydrogens (primary N) is 1. The molecule has 21 heavy (non-hydrogen) atoms. The summed E-state index contributed by atoms with van der Waals surface area (Å²) in [4.78, 5) is 11.7. The van der Waals surface area contributed by atoms with Gasteiger partial charge in [0.05, 0.1) is 18.1 Å². The predicted molar refractivity (Wildman–Crippen MR) is 75.5 cm³/mol. The van der Waals surface area contributed by atoms with Crippen LogP contribution in [-0.2, 0) is 22.6 Å². The monoisotopic (exact) mass is 284 g/mol. The maximum absolute atomic E-state index is 13.1. The molecular weight excluding hydrogens is 271 g/mol. The average Bonchev–Trinajstić information content (AvgIpc) is 2.45. The molecule has 0 atom stereocenters. The van der Waals surface area contributed by atoms with E-state index in [4.69, 9.17) is 15.7 Å². The molecule has 0 saturated carbocycles. The van der Waals surface area contributed by atoms with Crippen LogP contribution in [0.3, 0.4) is 0 Å². The van der Waals surface area contributed by atoms with Crippen molar-refractivity contribution in [1.29, 1.82) is 5.26 Å². The fraction of sp³-hybridized carbons (Fsp3) is 0.125. The molecule has 0 aliphatic rings. The molecule has 5 heteroatoms. The van der Waals surface area contributed by atoms with Gasteiger partial charge in [0.2, 0.25) is 0 Å². The van der Waals surface area contributed by atoms with Crippen LogP contribution in [0.25, 0.3) is 0 Å². The number of nitrogen functional groups attached to an aromatic ring is 1. The Hall–Kier alpha value is -2.87. The Balaban J connectivity index is 1.99. The van der Waals surface area contributed by atoms with E-state index in [9.17, 15) is 9.18 Å². The van der Waals surface area contributed by atoms with Crippen LogP contribution in [0, 0.1) is 17.1 Å². The molecule has 0 radical (unpaired) electrons. The van der Waals surface area contributed by atoms with Crippen molar-refractivity contribution in [2.24, 2.45) is 0 Å². The van der Waals surface area contributed by atoms with E-state index in [1.165, 1.54) is 18.2 Å². The summed E-state index contributed by atoms with van der Waals surface area (Å²) in [5.41, 5.74) is 7.56. The first-order valence-electron chi connectivity index (χ1n) is 6.27. The van der Waals surface area contributed by atoms with Crippen LogP contribution in [-0.4, -0.2) is 5.97 Å². The van der Waals surface area contributed by atoms with E-state index in [1.807, 2.05) is 6.07 Å². The Morgan fingerprint density at radius 3 is 2.81 bits per heavy atom. The van der Waals surface area contributed by atoms with E-state index < -0.39 is 11.8 Å². The second kappa shape index (κ2) is 6.53. The normalized spacial score (nSPS) is 9.90. The molecule has 106 valence electrons. The van der Waals surface area contributed by atoms with Gasteiger partial charge in [0.25, 0.3) is 0 Å². The summed E-state index contributed by atoms with van der Waals surface area (Å²) in [6, 6.07) is 12.6. The number of anilines is 1. The molecule has 0 heterocycles. The second-order valence-electron chi connectivity index (χ2n) is 4.50. The Bertz CT molecular complexity index is 708. The van der Waals surface area contributed by atoms with Crippen molar-refractivity contribution in [3.8, 4) is 6.07 Å². The van der Waals surface area contributed by atoms with Crippen LogP contribution in [0.5, 0.6) is 0 Å². The number of halogens is 1. The maximum atomic E-state index is 13.1. The number of ether oxygens (including phenoxy) is 1. The van der Waals surface area contributed by atoms with Gasteiger partial charge < -0.3 is 10.5 Å². The molecule has 0 aliphatic heterocycles. The maximum Gasteiger partial charge on any atom is 0.310 e. The minimum atomic E-state index is -0.476. The molecule has 2 aromatic carbocycles. The van der Waals surface area contributed by atoms with Crippen LogP contribution in [0.1, 0.15) is 16.7 Å². The van der Waals surface area contributed by atoms with E-state index in [0.717, 1.165) is 5.56 Å². The lowest BCUT2D eigenvalue weighted by molar-refractivity contribution is -0.144. The molecule has 0 amide bonds. The highest BCUT2D eigenvalue weighted by atomic mass is 19.1. The number of nitrogens with zero attached hydrogens (tertiary/aromatic N) is 1. The highest BCUT2D eigenvalue weighted by Crippen LogP contribution is 2.13. The van der Waals surface area contributed by atoms with Gasteiger partial charge in [0, 0.05) is 11.3 Å². The lowest BCUT2D eigenvalue weighted by Gasteiger charge is -2.07. The summed E-state index contributed by atoms with van der Waals surface area (Å²) >= 11 is 0. The van der Waals surface area contributed by atoms with Gasteiger partial charge >= 0.3 is 5.97 Å². The zero-order chi connectivity index (χ0) is 15.2. The van der Waals surface area contributed by atoms with Crippen LogP contribution in [0.2, 0.25) is 0 Å². The van der Waals surface area contributed by atoms with Gasteiger partial charge in [-0.15, -0.1) is 0 Å². The summed E-state index contributed by atoms with van der Waals surface area (Å²) in [5.74, 6) is -0.940. The summed E-state index contributed by atoms with van der Waals surface area (Å²) in [6.45, 7) is -0.137. The van der Waals surface area contributed by atoms with Crippen LogP contribution < -0.4 is 5.73 Å². The zero-order valence-electron chi connectivity index (χ0n) is 11.2. The predicted octanol–water partition coefficient (Wildman–Crippen LogP) is 2.57. The third-order valence-corrected chi connectivity index (χ3v) is 2.88. The van der Waals surface area contributed by atoms with Gasteiger partial charge in [-0.2, -0.15) is 5.26 Å². The van der Waals surface area contributed by atoms with Crippen molar-refractivity contribution >= 4 is 11.7 Å². The van der Waals surface area contributed by atoms with Crippen molar-refractivity contribution in [3.63, 3.8) is 0 Å². The summed E-state index contributed by atoms with van der Waals surface area (Å²) in [5, 5.41) is 8.91. The van der Waals surface area contributed by atoms with E-state index >= 15 is 0 Å². The smallest absolute Gasteiger partial charge is 0.310 e. The Kier molecular flexibility index (Phi) is 4.52. The fourth-order valence-corrected chi connectivity index (χ4v) is 1.87. The number of rotatable bonds is 4. The topological polar surface area (TPSA) is 76.1 Å². The summed E-state index contributed by atoms with van der Waals surface area (Å²) in [7, 11) is 0. The molecule has 0 saturated heterocycles. The lowest BCUT2D eigenvalue weighted by atomic mass is 10.1. The average molecular weight is 284 g/mol. The number of nitriles is 1. The number of hydrogen-bond donors (Lipinski definition) is 1. The van der Waals surface area contributed by atoms with Crippen molar-refractivity contribution in [1.82, 2.24) is 0 Å². The Morgan fingerprint density at radius 1 is 1.29 bits per heavy atom. The molecule has 4 nitrogen and oxygen atoms in total. The molecule has 0 aliphatic carbocycles. The van der Waals surface area contributed by atoms with Crippen LogP contribution >= 0.6 is 0 Å². The fourth-order valence-electron chi connectivity index (χ4n) is 1.87. The largest absolute Gasteiger partial charge is 0.461 e. The van der Waals surface area contributed by atoms with Crippen molar-refractivity contribution in [2.75, 3.05) is 5.73 Å². The van der Waals surface area contributed by atoms with Gasteiger partial charge in [-0.3, -0.25) is 4.79 Å². The Labute approximate surface area is 121 Å². The number of carbonyl (C=O) groups is 1. The minimum Gasteiger partial charge on any atom is -0.461 e.